The molecule has 0 radical (unpaired) electrons. The lowest BCUT2D eigenvalue weighted by molar-refractivity contribution is -0.147. The zero-order valence-electron chi connectivity index (χ0n) is 14.4. The molecule has 0 spiro atoms. The van der Waals surface area contributed by atoms with Crippen LogP contribution in [-0.2, 0) is 25.5 Å². The molecule has 2 amide bonds. The van der Waals surface area contributed by atoms with Crippen LogP contribution in [0, 0.1) is 0 Å². The van der Waals surface area contributed by atoms with E-state index in [1.54, 1.807) is 31.4 Å². The minimum atomic E-state index is -0.684. The number of carbonyl (C=O) groups is 3. The number of carbonyl (C=O) groups excluding carboxylic acids is 3. The summed E-state index contributed by atoms with van der Waals surface area (Å²) in [6, 6.07) is 15.9. The third-order valence-electron chi connectivity index (χ3n) is 3.38. The van der Waals surface area contributed by atoms with Gasteiger partial charge in [-0.05, 0) is 29.8 Å². The summed E-state index contributed by atoms with van der Waals surface area (Å²) in [5.41, 5.74) is 1.40. The predicted octanol–water partition coefficient (Wildman–Crippen LogP) is 1.54. The van der Waals surface area contributed by atoms with Crippen molar-refractivity contribution in [1.82, 2.24) is 5.32 Å². The van der Waals surface area contributed by atoms with Crippen LogP contribution in [0.1, 0.15) is 5.56 Å². The van der Waals surface area contributed by atoms with Gasteiger partial charge in [-0.15, -0.1) is 0 Å². The van der Waals surface area contributed by atoms with E-state index < -0.39 is 18.5 Å². The van der Waals surface area contributed by atoms with Crippen molar-refractivity contribution in [3.8, 4) is 5.75 Å². The van der Waals surface area contributed by atoms with Crippen LogP contribution in [0.15, 0.2) is 54.6 Å². The second-order valence-electron chi connectivity index (χ2n) is 5.38. The SMILES string of the molecule is COc1ccc(NC(=O)COC(=O)CNC(=O)Cc2ccccc2)cc1. The first-order valence-corrected chi connectivity index (χ1v) is 7.97. The Morgan fingerprint density at radius 1 is 0.923 bits per heavy atom. The van der Waals surface area contributed by atoms with Gasteiger partial charge in [0.15, 0.2) is 6.61 Å². The Balaban J connectivity index is 1.65. The maximum atomic E-state index is 11.7. The van der Waals surface area contributed by atoms with Gasteiger partial charge in [0.25, 0.3) is 5.91 Å². The van der Waals surface area contributed by atoms with Crippen LogP contribution < -0.4 is 15.4 Å². The maximum absolute atomic E-state index is 11.7. The Morgan fingerprint density at radius 2 is 1.62 bits per heavy atom. The number of esters is 1. The number of anilines is 1. The van der Waals surface area contributed by atoms with Gasteiger partial charge in [0, 0.05) is 5.69 Å². The van der Waals surface area contributed by atoms with Crippen LogP contribution in [-0.4, -0.2) is 38.0 Å². The second kappa shape index (κ2) is 9.83. The molecule has 26 heavy (non-hydrogen) atoms. The van der Waals surface area contributed by atoms with Gasteiger partial charge >= 0.3 is 5.97 Å². The summed E-state index contributed by atoms with van der Waals surface area (Å²) >= 11 is 0. The molecular formula is C19H20N2O5. The molecule has 2 aromatic rings. The van der Waals surface area contributed by atoms with E-state index in [0.29, 0.717) is 11.4 Å². The summed E-state index contributed by atoms with van der Waals surface area (Å²) in [5, 5.41) is 5.05. The molecule has 7 nitrogen and oxygen atoms in total. The fourth-order valence-corrected chi connectivity index (χ4v) is 2.08. The fraction of sp³-hybridized carbons (Fsp3) is 0.211. The number of amides is 2. The molecule has 2 rings (SSSR count). The molecule has 0 unspecified atom stereocenters. The summed E-state index contributed by atoms with van der Waals surface area (Å²) in [7, 11) is 1.55. The zero-order chi connectivity index (χ0) is 18.8. The van der Waals surface area contributed by atoms with Crippen molar-refractivity contribution in [2.24, 2.45) is 0 Å². The lowest BCUT2D eigenvalue weighted by Gasteiger charge is -2.08. The van der Waals surface area contributed by atoms with Crippen LogP contribution in [0.5, 0.6) is 5.75 Å². The van der Waals surface area contributed by atoms with Gasteiger partial charge in [0.1, 0.15) is 12.3 Å². The molecular weight excluding hydrogens is 336 g/mol. The largest absolute Gasteiger partial charge is 0.497 e. The molecule has 0 fully saturated rings. The number of methoxy groups -OCH3 is 1. The van der Waals surface area contributed by atoms with Crippen LogP contribution in [0.3, 0.4) is 0 Å². The first kappa shape index (κ1) is 19.0. The van der Waals surface area contributed by atoms with Crippen LogP contribution in [0.2, 0.25) is 0 Å². The molecule has 136 valence electrons. The van der Waals surface area contributed by atoms with E-state index in [4.69, 9.17) is 9.47 Å². The van der Waals surface area contributed by atoms with E-state index >= 15 is 0 Å². The summed E-state index contributed by atoms with van der Waals surface area (Å²) in [6.45, 7) is -0.721. The van der Waals surface area contributed by atoms with Gasteiger partial charge in [-0.25, -0.2) is 0 Å². The number of hydrogen-bond donors (Lipinski definition) is 2. The average Bonchev–Trinajstić information content (AvgIpc) is 2.66. The maximum Gasteiger partial charge on any atom is 0.325 e. The average molecular weight is 356 g/mol. The molecule has 0 bridgehead atoms. The number of nitrogens with one attached hydrogen (secondary N) is 2. The van der Waals surface area contributed by atoms with Crippen LogP contribution in [0.4, 0.5) is 5.69 Å². The number of hydrogen-bond acceptors (Lipinski definition) is 5. The van der Waals surface area contributed by atoms with Crippen molar-refractivity contribution >= 4 is 23.5 Å². The molecule has 0 saturated carbocycles. The Morgan fingerprint density at radius 3 is 2.27 bits per heavy atom. The number of benzene rings is 2. The van der Waals surface area contributed by atoms with Gasteiger partial charge in [-0.3, -0.25) is 14.4 Å². The minimum absolute atomic E-state index is 0.173. The molecule has 7 heteroatoms. The normalized spacial score (nSPS) is 9.88. The highest BCUT2D eigenvalue weighted by Gasteiger charge is 2.10. The standard InChI is InChI=1S/C19H20N2O5/c1-25-16-9-7-15(8-10-16)21-18(23)13-26-19(24)12-20-17(22)11-14-5-3-2-4-6-14/h2-10H,11-13H2,1H3,(H,20,22)(H,21,23). The smallest absolute Gasteiger partial charge is 0.325 e. The third-order valence-corrected chi connectivity index (χ3v) is 3.38. The van der Waals surface area contributed by atoms with E-state index in [0.717, 1.165) is 5.56 Å². The van der Waals surface area contributed by atoms with Gasteiger partial charge < -0.3 is 20.1 Å². The molecule has 0 heterocycles. The van der Waals surface area contributed by atoms with Crippen molar-refractivity contribution in [3.05, 3.63) is 60.2 Å². The Labute approximate surface area is 151 Å². The van der Waals surface area contributed by atoms with Crippen molar-refractivity contribution < 1.29 is 23.9 Å². The summed E-state index contributed by atoms with van der Waals surface area (Å²) < 4.78 is 9.85. The molecule has 2 aromatic carbocycles. The molecule has 2 N–H and O–H groups in total. The molecule has 0 aliphatic heterocycles. The third kappa shape index (κ3) is 6.64. The Bertz CT molecular complexity index is 744. The molecule has 0 aliphatic rings. The van der Waals surface area contributed by atoms with Crippen molar-refractivity contribution in [1.29, 1.82) is 0 Å². The van der Waals surface area contributed by atoms with Crippen LogP contribution >= 0.6 is 0 Å². The first-order valence-electron chi connectivity index (χ1n) is 7.97. The zero-order valence-corrected chi connectivity index (χ0v) is 14.4. The van der Waals surface area contributed by atoms with Crippen molar-refractivity contribution in [2.45, 2.75) is 6.42 Å². The number of ether oxygens (including phenoxy) is 2. The lowest BCUT2D eigenvalue weighted by Crippen LogP contribution is -2.33. The second-order valence-corrected chi connectivity index (χ2v) is 5.38. The monoisotopic (exact) mass is 356 g/mol. The Kier molecular flexibility index (Phi) is 7.17. The summed E-state index contributed by atoms with van der Waals surface area (Å²) in [4.78, 5) is 35.1. The predicted molar refractivity (Wildman–Crippen MR) is 95.7 cm³/mol. The van der Waals surface area contributed by atoms with Gasteiger partial charge in [0.2, 0.25) is 5.91 Å². The summed E-state index contributed by atoms with van der Waals surface area (Å²) in [6.07, 6.45) is 0.173. The molecule has 0 aromatic heterocycles. The Hall–Kier alpha value is -3.35. The van der Waals surface area contributed by atoms with Gasteiger partial charge in [-0.1, -0.05) is 30.3 Å². The summed E-state index contributed by atoms with van der Waals surface area (Å²) in [5.74, 6) is -0.785. The minimum Gasteiger partial charge on any atom is -0.497 e. The lowest BCUT2D eigenvalue weighted by atomic mass is 10.1. The number of rotatable bonds is 8. The van der Waals surface area contributed by atoms with Crippen LogP contribution in [0.25, 0.3) is 0 Å². The highest BCUT2D eigenvalue weighted by Crippen LogP contribution is 2.14. The molecule has 0 aliphatic carbocycles. The molecule has 0 saturated heterocycles. The quantitative estimate of drug-likeness (QED) is 0.700. The van der Waals surface area contributed by atoms with E-state index in [2.05, 4.69) is 10.6 Å². The van der Waals surface area contributed by atoms with Gasteiger partial charge in [0.05, 0.1) is 13.5 Å². The van der Waals surface area contributed by atoms with E-state index in [1.165, 1.54) is 0 Å². The van der Waals surface area contributed by atoms with E-state index in [-0.39, 0.29) is 18.9 Å². The highest BCUT2D eigenvalue weighted by molar-refractivity contribution is 5.93. The topological polar surface area (TPSA) is 93.7 Å². The first-order chi connectivity index (χ1) is 12.6. The highest BCUT2D eigenvalue weighted by atomic mass is 16.5. The van der Waals surface area contributed by atoms with E-state index in [1.807, 2.05) is 30.3 Å². The molecule has 0 atom stereocenters. The van der Waals surface area contributed by atoms with Crippen molar-refractivity contribution in [2.75, 3.05) is 25.6 Å². The van der Waals surface area contributed by atoms with Gasteiger partial charge in [-0.2, -0.15) is 0 Å². The van der Waals surface area contributed by atoms with E-state index in [9.17, 15) is 14.4 Å². The fourth-order valence-electron chi connectivity index (χ4n) is 2.08. The van der Waals surface area contributed by atoms with Crippen molar-refractivity contribution in [3.63, 3.8) is 0 Å².